The van der Waals surface area contributed by atoms with Gasteiger partial charge in [-0.2, -0.15) is 0 Å². The third kappa shape index (κ3) is 1.03. The molecule has 12 heavy (non-hydrogen) atoms. The van der Waals surface area contributed by atoms with Gasteiger partial charge in [0.15, 0.2) is 0 Å². The van der Waals surface area contributed by atoms with E-state index in [1.54, 1.807) is 0 Å². The third-order valence-corrected chi connectivity index (χ3v) is 2.57. The lowest BCUT2D eigenvalue weighted by Gasteiger charge is -2.05. The zero-order valence-electron chi connectivity index (χ0n) is 6.83. The molecule has 0 radical (unpaired) electrons. The highest BCUT2D eigenvalue weighted by atomic mass is 19.1. The molecule has 2 heteroatoms. The summed E-state index contributed by atoms with van der Waals surface area (Å²) in [5.41, 5.74) is 5.07. The van der Waals surface area contributed by atoms with Crippen molar-refractivity contribution < 1.29 is 4.39 Å². The standard InChI is InChI=1S/C10H12FN/c11-10(6-9(10)7-12)8-4-2-1-3-5-8/h1-5,9H,6-7,12H2/t9-,10+/m1/s1. The van der Waals surface area contributed by atoms with E-state index < -0.39 is 5.67 Å². The number of benzene rings is 1. The minimum absolute atomic E-state index is 0.0416. The molecule has 0 spiro atoms. The van der Waals surface area contributed by atoms with Gasteiger partial charge in [-0.25, -0.2) is 4.39 Å². The average Bonchev–Trinajstić information content (AvgIpc) is 2.81. The molecular weight excluding hydrogens is 153 g/mol. The fourth-order valence-electron chi connectivity index (χ4n) is 1.64. The van der Waals surface area contributed by atoms with Crippen LogP contribution in [-0.2, 0) is 5.67 Å². The van der Waals surface area contributed by atoms with Gasteiger partial charge in [-0.15, -0.1) is 0 Å². The number of rotatable bonds is 2. The van der Waals surface area contributed by atoms with Gasteiger partial charge in [-0.3, -0.25) is 0 Å². The Morgan fingerprint density at radius 3 is 2.58 bits per heavy atom. The van der Waals surface area contributed by atoms with E-state index in [4.69, 9.17) is 5.73 Å². The zero-order valence-corrected chi connectivity index (χ0v) is 6.83. The van der Waals surface area contributed by atoms with Crippen LogP contribution in [-0.4, -0.2) is 6.54 Å². The molecule has 0 bridgehead atoms. The quantitative estimate of drug-likeness (QED) is 0.710. The van der Waals surface area contributed by atoms with Gasteiger partial charge < -0.3 is 5.73 Å². The van der Waals surface area contributed by atoms with E-state index in [9.17, 15) is 4.39 Å². The minimum Gasteiger partial charge on any atom is -0.330 e. The van der Waals surface area contributed by atoms with Crippen molar-refractivity contribution in [3.63, 3.8) is 0 Å². The van der Waals surface area contributed by atoms with Crippen LogP contribution in [0.15, 0.2) is 30.3 Å². The molecule has 64 valence electrons. The molecule has 2 atom stereocenters. The fourth-order valence-corrected chi connectivity index (χ4v) is 1.64. The first-order valence-electron chi connectivity index (χ1n) is 4.22. The molecular formula is C10H12FN. The summed E-state index contributed by atoms with van der Waals surface area (Å²) in [5, 5.41) is 0. The largest absolute Gasteiger partial charge is 0.330 e. The van der Waals surface area contributed by atoms with Crippen LogP contribution in [0.1, 0.15) is 12.0 Å². The smallest absolute Gasteiger partial charge is 0.140 e. The molecule has 1 saturated carbocycles. The second kappa shape index (κ2) is 2.56. The molecule has 2 rings (SSSR count). The van der Waals surface area contributed by atoms with Crippen LogP contribution >= 0.6 is 0 Å². The summed E-state index contributed by atoms with van der Waals surface area (Å²) in [6, 6.07) is 9.28. The molecule has 1 aromatic rings. The van der Waals surface area contributed by atoms with Gasteiger partial charge in [-0.05, 0) is 18.5 Å². The highest BCUT2D eigenvalue weighted by Crippen LogP contribution is 2.54. The SMILES string of the molecule is NC[C@H]1C[C@]1(F)c1ccccc1. The molecule has 0 saturated heterocycles. The maximum atomic E-state index is 13.8. The van der Waals surface area contributed by atoms with E-state index in [0.717, 1.165) is 5.56 Å². The molecule has 1 aromatic carbocycles. The van der Waals surface area contributed by atoms with E-state index in [1.165, 1.54) is 0 Å². The predicted molar refractivity (Wildman–Crippen MR) is 46.4 cm³/mol. The Morgan fingerprint density at radius 1 is 1.42 bits per heavy atom. The minimum atomic E-state index is -1.12. The lowest BCUT2D eigenvalue weighted by atomic mass is 10.1. The van der Waals surface area contributed by atoms with Gasteiger partial charge in [0.05, 0.1) is 0 Å². The molecule has 0 aromatic heterocycles. The lowest BCUT2D eigenvalue weighted by molar-refractivity contribution is 0.288. The Bertz CT molecular complexity index is 272. The van der Waals surface area contributed by atoms with Gasteiger partial charge in [0.2, 0.25) is 0 Å². The highest BCUT2D eigenvalue weighted by molar-refractivity contribution is 5.29. The number of halogens is 1. The van der Waals surface area contributed by atoms with Crippen molar-refractivity contribution in [2.75, 3.05) is 6.54 Å². The normalized spacial score (nSPS) is 33.3. The van der Waals surface area contributed by atoms with E-state index in [2.05, 4.69) is 0 Å². The van der Waals surface area contributed by atoms with Crippen molar-refractivity contribution >= 4 is 0 Å². The summed E-state index contributed by atoms with van der Waals surface area (Å²) < 4.78 is 13.8. The number of hydrogen-bond acceptors (Lipinski definition) is 1. The maximum Gasteiger partial charge on any atom is 0.140 e. The first-order valence-corrected chi connectivity index (χ1v) is 4.22. The van der Waals surface area contributed by atoms with Crippen LogP contribution in [0.2, 0.25) is 0 Å². The number of nitrogens with two attached hydrogens (primary N) is 1. The number of hydrogen-bond donors (Lipinski definition) is 1. The second-order valence-corrected chi connectivity index (χ2v) is 3.37. The third-order valence-electron chi connectivity index (χ3n) is 2.57. The van der Waals surface area contributed by atoms with Gasteiger partial charge in [-0.1, -0.05) is 30.3 Å². The number of alkyl halides is 1. The van der Waals surface area contributed by atoms with Crippen LogP contribution < -0.4 is 5.73 Å². The summed E-state index contributed by atoms with van der Waals surface area (Å²) in [6.07, 6.45) is 0.591. The van der Waals surface area contributed by atoms with E-state index in [-0.39, 0.29) is 5.92 Å². The lowest BCUT2D eigenvalue weighted by Crippen LogP contribution is -2.10. The molecule has 0 unspecified atom stereocenters. The fraction of sp³-hybridized carbons (Fsp3) is 0.400. The van der Waals surface area contributed by atoms with Crippen molar-refractivity contribution in [1.29, 1.82) is 0 Å². The van der Waals surface area contributed by atoms with Crippen molar-refractivity contribution in [3.8, 4) is 0 Å². The van der Waals surface area contributed by atoms with Crippen molar-refractivity contribution in [2.45, 2.75) is 12.1 Å². The van der Waals surface area contributed by atoms with Crippen LogP contribution in [0.25, 0.3) is 0 Å². The molecule has 1 nitrogen and oxygen atoms in total. The Morgan fingerprint density at radius 2 is 2.08 bits per heavy atom. The van der Waals surface area contributed by atoms with Gasteiger partial charge in [0.1, 0.15) is 5.67 Å². The topological polar surface area (TPSA) is 26.0 Å². The Labute approximate surface area is 71.4 Å². The van der Waals surface area contributed by atoms with Crippen LogP contribution in [0, 0.1) is 5.92 Å². The van der Waals surface area contributed by atoms with Crippen LogP contribution in [0.3, 0.4) is 0 Å². The molecule has 2 N–H and O–H groups in total. The molecule has 0 aliphatic heterocycles. The van der Waals surface area contributed by atoms with E-state index >= 15 is 0 Å². The monoisotopic (exact) mass is 165 g/mol. The molecule has 1 aliphatic carbocycles. The first kappa shape index (κ1) is 7.74. The van der Waals surface area contributed by atoms with Crippen molar-refractivity contribution in [3.05, 3.63) is 35.9 Å². The van der Waals surface area contributed by atoms with E-state index in [0.29, 0.717) is 13.0 Å². The van der Waals surface area contributed by atoms with Gasteiger partial charge >= 0.3 is 0 Å². The zero-order chi connectivity index (χ0) is 8.60. The molecule has 1 aliphatic rings. The van der Waals surface area contributed by atoms with Crippen molar-refractivity contribution in [2.24, 2.45) is 11.7 Å². The summed E-state index contributed by atoms with van der Waals surface area (Å²) in [5.74, 6) is 0.0416. The van der Waals surface area contributed by atoms with E-state index in [1.807, 2.05) is 30.3 Å². The highest BCUT2D eigenvalue weighted by Gasteiger charge is 2.55. The van der Waals surface area contributed by atoms with Crippen LogP contribution in [0.4, 0.5) is 4.39 Å². The summed E-state index contributed by atoms with van der Waals surface area (Å²) in [6.45, 7) is 0.450. The summed E-state index contributed by atoms with van der Waals surface area (Å²) in [4.78, 5) is 0. The Hall–Kier alpha value is -0.890. The average molecular weight is 165 g/mol. The molecule has 1 fully saturated rings. The van der Waals surface area contributed by atoms with Gasteiger partial charge in [0.25, 0.3) is 0 Å². The van der Waals surface area contributed by atoms with Crippen molar-refractivity contribution in [1.82, 2.24) is 0 Å². The Balaban J connectivity index is 2.23. The summed E-state index contributed by atoms with van der Waals surface area (Å²) in [7, 11) is 0. The molecule has 0 heterocycles. The van der Waals surface area contributed by atoms with Gasteiger partial charge in [0, 0.05) is 5.92 Å². The molecule has 0 amide bonds. The first-order chi connectivity index (χ1) is 5.77. The second-order valence-electron chi connectivity index (χ2n) is 3.37. The Kier molecular flexibility index (Phi) is 1.65. The summed E-state index contributed by atoms with van der Waals surface area (Å²) >= 11 is 0. The van der Waals surface area contributed by atoms with Crippen LogP contribution in [0.5, 0.6) is 0 Å². The maximum absolute atomic E-state index is 13.8. The predicted octanol–water partition coefficient (Wildman–Crippen LogP) is 1.83.